The Balaban J connectivity index is 1.81. The molecule has 2 N–H and O–H groups in total. The molecule has 0 aliphatic carbocycles. The largest absolute Gasteiger partial charge is 0.493 e. The third-order valence-electron chi connectivity index (χ3n) is 5.14. The number of hydrogen-bond donors (Lipinski definition) is 2. The van der Waals surface area contributed by atoms with Crippen LogP contribution in [0.2, 0.25) is 0 Å². The minimum absolute atomic E-state index is 0.103. The Morgan fingerprint density at radius 1 is 1.18 bits per heavy atom. The average molecular weight is 404 g/mol. The van der Waals surface area contributed by atoms with Crippen molar-refractivity contribution in [3.63, 3.8) is 0 Å². The van der Waals surface area contributed by atoms with Gasteiger partial charge in [-0.3, -0.25) is 4.90 Å². The maximum Gasteiger partial charge on any atom is 0.230 e. The van der Waals surface area contributed by atoms with Gasteiger partial charge < -0.3 is 19.7 Å². The minimum Gasteiger partial charge on any atom is -0.493 e. The van der Waals surface area contributed by atoms with E-state index in [4.69, 9.17) is 9.47 Å². The second-order valence-corrected chi connectivity index (χ2v) is 7.94. The number of hydrogen-bond acceptors (Lipinski definition) is 8. The molecule has 0 radical (unpaired) electrons. The van der Waals surface area contributed by atoms with Crippen LogP contribution in [0.5, 0.6) is 17.4 Å². The SMILES string of the molecule is COc1ccc([C@H](c2sc3nc(C)nn3c2O)N2CCC(O)CC2)cc1OC. The van der Waals surface area contributed by atoms with Crippen LogP contribution in [0.4, 0.5) is 0 Å². The Hall–Kier alpha value is -2.36. The lowest BCUT2D eigenvalue weighted by Gasteiger charge is -2.36. The van der Waals surface area contributed by atoms with Gasteiger partial charge in [0.05, 0.1) is 31.2 Å². The van der Waals surface area contributed by atoms with E-state index in [1.54, 1.807) is 21.1 Å². The zero-order chi connectivity index (χ0) is 19.8. The molecule has 2 aromatic heterocycles. The number of thiazole rings is 1. The monoisotopic (exact) mass is 404 g/mol. The van der Waals surface area contributed by atoms with E-state index in [2.05, 4.69) is 15.0 Å². The van der Waals surface area contributed by atoms with Gasteiger partial charge in [-0.05, 0) is 37.5 Å². The summed E-state index contributed by atoms with van der Waals surface area (Å²) in [5.41, 5.74) is 0.977. The summed E-state index contributed by atoms with van der Waals surface area (Å²) in [6.45, 7) is 3.26. The van der Waals surface area contributed by atoms with E-state index in [0.29, 0.717) is 35.1 Å². The predicted molar refractivity (Wildman–Crippen MR) is 105 cm³/mol. The first-order valence-electron chi connectivity index (χ1n) is 9.21. The predicted octanol–water partition coefficient (Wildman–Crippen LogP) is 2.37. The van der Waals surface area contributed by atoms with E-state index < -0.39 is 0 Å². The molecule has 9 heteroatoms. The summed E-state index contributed by atoms with van der Waals surface area (Å²) in [5.74, 6) is 2.02. The molecule has 4 rings (SSSR count). The van der Waals surface area contributed by atoms with Crippen LogP contribution in [0.1, 0.15) is 35.1 Å². The first-order valence-corrected chi connectivity index (χ1v) is 10.0. The van der Waals surface area contributed by atoms with Gasteiger partial charge in [-0.15, -0.1) is 5.10 Å². The van der Waals surface area contributed by atoms with Crippen molar-refractivity contribution in [2.24, 2.45) is 0 Å². The van der Waals surface area contributed by atoms with Gasteiger partial charge in [0.15, 0.2) is 11.5 Å². The van der Waals surface area contributed by atoms with Crippen LogP contribution in [0.25, 0.3) is 4.96 Å². The maximum atomic E-state index is 10.9. The number of aliphatic hydroxyl groups is 1. The number of aliphatic hydroxyl groups excluding tert-OH is 1. The summed E-state index contributed by atoms with van der Waals surface area (Å²) in [6, 6.07) is 5.60. The Morgan fingerprint density at radius 2 is 1.89 bits per heavy atom. The second-order valence-electron chi connectivity index (χ2n) is 6.93. The maximum absolute atomic E-state index is 10.9. The van der Waals surface area contributed by atoms with Gasteiger partial charge >= 0.3 is 0 Å². The minimum atomic E-state index is -0.277. The first kappa shape index (κ1) is 19.0. The van der Waals surface area contributed by atoms with Crippen LogP contribution in [0.3, 0.4) is 0 Å². The first-order chi connectivity index (χ1) is 13.5. The van der Waals surface area contributed by atoms with Crippen molar-refractivity contribution in [1.29, 1.82) is 0 Å². The van der Waals surface area contributed by atoms with Crippen molar-refractivity contribution >= 4 is 16.3 Å². The third-order valence-corrected chi connectivity index (χ3v) is 6.21. The zero-order valence-electron chi connectivity index (χ0n) is 16.1. The number of fused-ring (bicyclic) bond motifs is 1. The second kappa shape index (κ2) is 7.57. The van der Waals surface area contributed by atoms with E-state index in [0.717, 1.165) is 23.5 Å². The number of ether oxygens (including phenoxy) is 2. The number of likely N-dealkylation sites (tertiary alicyclic amines) is 1. The molecule has 0 spiro atoms. The summed E-state index contributed by atoms with van der Waals surface area (Å²) in [7, 11) is 3.21. The summed E-state index contributed by atoms with van der Waals surface area (Å²) in [5, 5.41) is 25.1. The molecule has 1 atom stereocenters. The molecule has 0 unspecified atom stereocenters. The van der Waals surface area contributed by atoms with Crippen LogP contribution in [-0.2, 0) is 0 Å². The average Bonchev–Trinajstić information content (AvgIpc) is 3.21. The van der Waals surface area contributed by atoms with Crippen LogP contribution < -0.4 is 9.47 Å². The van der Waals surface area contributed by atoms with Gasteiger partial charge in [0.25, 0.3) is 0 Å². The van der Waals surface area contributed by atoms with Crippen molar-refractivity contribution in [2.45, 2.75) is 31.9 Å². The summed E-state index contributed by atoms with van der Waals surface area (Å²) < 4.78 is 12.3. The quantitative estimate of drug-likeness (QED) is 0.674. The molecule has 0 saturated carbocycles. The Morgan fingerprint density at radius 3 is 2.54 bits per heavy atom. The van der Waals surface area contributed by atoms with E-state index >= 15 is 0 Å². The molecule has 28 heavy (non-hydrogen) atoms. The number of methoxy groups -OCH3 is 2. The van der Waals surface area contributed by atoms with Crippen LogP contribution in [0, 0.1) is 6.92 Å². The fourth-order valence-corrected chi connectivity index (χ4v) is 4.88. The van der Waals surface area contributed by atoms with Gasteiger partial charge in [-0.25, -0.2) is 4.98 Å². The molecule has 1 aliphatic heterocycles. The number of nitrogens with zero attached hydrogens (tertiary/aromatic N) is 4. The van der Waals surface area contributed by atoms with E-state index in [1.165, 1.54) is 15.9 Å². The summed E-state index contributed by atoms with van der Waals surface area (Å²) in [4.78, 5) is 8.10. The number of aromatic nitrogens is 3. The number of piperidine rings is 1. The Kier molecular flexibility index (Phi) is 5.13. The highest BCUT2D eigenvalue weighted by Gasteiger charge is 2.32. The molecule has 0 amide bonds. The molecular formula is C19H24N4O4S. The Bertz CT molecular complexity index is 978. The fourth-order valence-electron chi connectivity index (χ4n) is 3.72. The van der Waals surface area contributed by atoms with Gasteiger partial charge in [-0.2, -0.15) is 4.52 Å². The topological polar surface area (TPSA) is 92.4 Å². The smallest absolute Gasteiger partial charge is 0.230 e. The molecule has 3 aromatic rings. The molecule has 150 valence electrons. The van der Waals surface area contributed by atoms with Crippen molar-refractivity contribution in [3.05, 3.63) is 34.5 Å². The number of aromatic hydroxyl groups is 1. The van der Waals surface area contributed by atoms with Crippen molar-refractivity contribution in [3.8, 4) is 17.4 Å². The van der Waals surface area contributed by atoms with Gasteiger partial charge in [0.2, 0.25) is 10.8 Å². The highest BCUT2D eigenvalue weighted by molar-refractivity contribution is 7.17. The van der Waals surface area contributed by atoms with E-state index in [-0.39, 0.29) is 18.0 Å². The highest BCUT2D eigenvalue weighted by Crippen LogP contribution is 2.42. The molecule has 3 heterocycles. The number of rotatable bonds is 5. The van der Waals surface area contributed by atoms with Crippen molar-refractivity contribution in [2.75, 3.05) is 27.3 Å². The van der Waals surface area contributed by atoms with Crippen LogP contribution >= 0.6 is 11.3 Å². The third kappa shape index (κ3) is 3.30. The number of benzene rings is 1. The Labute approximate surface area is 167 Å². The van der Waals surface area contributed by atoms with E-state index in [9.17, 15) is 10.2 Å². The molecule has 1 fully saturated rings. The zero-order valence-corrected chi connectivity index (χ0v) is 16.9. The number of aryl methyl sites for hydroxylation is 1. The van der Waals surface area contributed by atoms with Crippen LogP contribution in [0.15, 0.2) is 18.2 Å². The van der Waals surface area contributed by atoms with Crippen molar-refractivity contribution in [1.82, 2.24) is 19.5 Å². The summed E-state index contributed by atoms with van der Waals surface area (Å²) >= 11 is 1.43. The van der Waals surface area contributed by atoms with E-state index in [1.807, 2.05) is 18.2 Å². The standard InChI is InChI=1S/C19H24N4O4S/c1-11-20-19-23(21-11)18(25)17(28-19)16(22-8-6-13(24)7-9-22)12-4-5-14(26-2)15(10-12)27-3/h4-5,10,13,16,24-25H,6-9H2,1-3H3/t16-/m1/s1. The lowest BCUT2D eigenvalue weighted by atomic mass is 9.99. The molecule has 1 aliphatic rings. The molecule has 8 nitrogen and oxygen atoms in total. The normalized spacial score (nSPS) is 17.1. The molecule has 0 bridgehead atoms. The van der Waals surface area contributed by atoms with Crippen molar-refractivity contribution < 1.29 is 19.7 Å². The van der Waals surface area contributed by atoms with Gasteiger partial charge in [0, 0.05) is 13.1 Å². The highest BCUT2D eigenvalue weighted by atomic mass is 32.1. The lowest BCUT2D eigenvalue weighted by molar-refractivity contribution is 0.0689. The molecular weight excluding hydrogens is 380 g/mol. The molecule has 1 saturated heterocycles. The molecule has 1 aromatic carbocycles. The lowest BCUT2D eigenvalue weighted by Crippen LogP contribution is -2.38. The summed E-state index contributed by atoms with van der Waals surface area (Å²) in [6.07, 6.45) is 1.12. The van der Waals surface area contributed by atoms with Gasteiger partial charge in [0.1, 0.15) is 5.82 Å². The van der Waals surface area contributed by atoms with Crippen LogP contribution in [-0.4, -0.2) is 63.1 Å². The fraction of sp³-hybridized carbons (Fsp3) is 0.474. The van der Waals surface area contributed by atoms with Gasteiger partial charge in [-0.1, -0.05) is 17.4 Å².